The molecule has 1 aromatic heterocycles. The fourth-order valence-corrected chi connectivity index (χ4v) is 3.51. The van der Waals surface area contributed by atoms with Crippen LogP contribution < -0.4 is 0 Å². The number of nitrogens with zero attached hydrogens (tertiary/aromatic N) is 2. The van der Waals surface area contributed by atoms with Gasteiger partial charge in [-0.05, 0) is 19.9 Å². The summed E-state index contributed by atoms with van der Waals surface area (Å²) >= 11 is 0. The second kappa shape index (κ2) is 5.55. The molecule has 0 unspecified atom stereocenters. The molecule has 1 heterocycles. The maximum absolute atomic E-state index is 12.4. The minimum absolute atomic E-state index is 0.0663. The Hall–Kier alpha value is -1.38. The first-order valence-corrected chi connectivity index (χ1v) is 7.55. The van der Waals surface area contributed by atoms with Crippen molar-refractivity contribution in [3.8, 4) is 0 Å². The SMILES string of the molecule is CCN(CC(C)(C)O)S(=O)(=O)c1cc(C(=O)O)n(C)c1. The average Bonchev–Trinajstić information content (AvgIpc) is 2.67. The number of rotatable bonds is 6. The molecule has 0 bridgehead atoms. The Balaban J connectivity index is 3.21. The summed E-state index contributed by atoms with van der Waals surface area (Å²) in [6.07, 6.45) is 1.26. The normalized spacial score (nSPS) is 12.9. The molecular formula is C12H20N2O5S. The molecule has 0 aliphatic carbocycles. The van der Waals surface area contributed by atoms with Crippen LogP contribution in [0.25, 0.3) is 0 Å². The van der Waals surface area contributed by atoms with Gasteiger partial charge in [-0.3, -0.25) is 0 Å². The van der Waals surface area contributed by atoms with Crippen molar-refractivity contribution in [2.24, 2.45) is 7.05 Å². The van der Waals surface area contributed by atoms with E-state index in [2.05, 4.69) is 0 Å². The molecular weight excluding hydrogens is 284 g/mol. The lowest BCUT2D eigenvalue weighted by molar-refractivity contribution is 0.0600. The number of carboxylic acid groups (broad SMARTS) is 1. The van der Waals surface area contributed by atoms with Gasteiger partial charge in [0.25, 0.3) is 0 Å². The van der Waals surface area contributed by atoms with Crippen molar-refractivity contribution in [1.82, 2.24) is 8.87 Å². The van der Waals surface area contributed by atoms with Gasteiger partial charge in [0.1, 0.15) is 10.6 Å². The molecule has 0 spiro atoms. The highest BCUT2D eigenvalue weighted by Crippen LogP contribution is 2.20. The molecule has 0 radical (unpaired) electrons. The van der Waals surface area contributed by atoms with E-state index in [0.29, 0.717) is 0 Å². The molecule has 7 nitrogen and oxygen atoms in total. The van der Waals surface area contributed by atoms with E-state index in [1.807, 2.05) is 0 Å². The number of aromatic nitrogens is 1. The molecule has 0 amide bonds. The Morgan fingerprint density at radius 1 is 1.45 bits per heavy atom. The van der Waals surface area contributed by atoms with Crippen molar-refractivity contribution in [2.45, 2.75) is 31.3 Å². The van der Waals surface area contributed by atoms with Gasteiger partial charge in [-0.25, -0.2) is 13.2 Å². The first-order chi connectivity index (χ1) is 8.99. The molecule has 0 aliphatic heterocycles. The van der Waals surface area contributed by atoms with E-state index in [4.69, 9.17) is 5.11 Å². The molecule has 8 heteroatoms. The van der Waals surface area contributed by atoms with Crippen LogP contribution in [0, 0.1) is 0 Å². The summed E-state index contributed by atoms with van der Waals surface area (Å²) in [5.41, 5.74) is -1.28. The van der Waals surface area contributed by atoms with Gasteiger partial charge in [0.2, 0.25) is 10.0 Å². The topological polar surface area (TPSA) is 99.8 Å². The zero-order valence-corrected chi connectivity index (χ0v) is 12.8. The lowest BCUT2D eigenvalue weighted by Crippen LogP contribution is -2.41. The average molecular weight is 304 g/mol. The van der Waals surface area contributed by atoms with Crippen LogP contribution in [0.5, 0.6) is 0 Å². The van der Waals surface area contributed by atoms with E-state index in [1.165, 1.54) is 31.7 Å². The lowest BCUT2D eigenvalue weighted by atomic mass is 10.1. The molecule has 0 fully saturated rings. The number of carboxylic acids is 1. The van der Waals surface area contributed by atoms with E-state index in [1.54, 1.807) is 6.92 Å². The van der Waals surface area contributed by atoms with Crippen LogP contribution in [0.3, 0.4) is 0 Å². The Morgan fingerprint density at radius 3 is 2.35 bits per heavy atom. The summed E-state index contributed by atoms with van der Waals surface area (Å²) in [4.78, 5) is 10.9. The van der Waals surface area contributed by atoms with Gasteiger partial charge in [-0.2, -0.15) is 4.31 Å². The minimum Gasteiger partial charge on any atom is -0.477 e. The Bertz CT molecular complexity index is 598. The number of hydrogen-bond donors (Lipinski definition) is 2. The van der Waals surface area contributed by atoms with Crippen LogP contribution in [0.2, 0.25) is 0 Å². The van der Waals surface area contributed by atoms with Crippen LogP contribution in [0.1, 0.15) is 31.3 Å². The van der Waals surface area contributed by atoms with E-state index < -0.39 is 21.6 Å². The van der Waals surface area contributed by atoms with Crippen molar-refractivity contribution in [3.63, 3.8) is 0 Å². The second-order valence-corrected chi connectivity index (χ2v) is 7.16. The highest BCUT2D eigenvalue weighted by molar-refractivity contribution is 7.89. The quantitative estimate of drug-likeness (QED) is 0.797. The van der Waals surface area contributed by atoms with E-state index in [9.17, 15) is 18.3 Å². The fraction of sp³-hybridized carbons (Fsp3) is 0.583. The fourth-order valence-electron chi connectivity index (χ4n) is 1.84. The largest absolute Gasteiger partial charge is 0.477 e. The monoisotopic (exact) mass is 304 g/mol. The number of sulfonamides is 1. The third kappa shape index (κ3) is 3.59. The molecule has 20 heavy (non-hydrogen) atoms. The van der Waals surface area contributed by atoms with E-state index >= 15 is 0 Å². The van der Waals surface area contributed by atoms with Crippen LogP contribution in [0.15, 0.2) is 17.2 Å². The van der Waals surface area contributed by atoms with Gasteiger partial charge in [0.15, 0.2) is 0 Å². The zero-order valence-electron chi connectivity index (χ0n) is 12.0. The number of carbonyl (C=O) groups is 1. The van der Waals surface area contributed by atoms with Crippen molar-refractivity contribution < 1.29 is 23.4 Å². The predicted molar refractivity (Wildman–Crippen MR) is 73.1 cm³/mol. The maximum Gasteiger partial charge on any atom is 0.352 e. The lowest BCUT2D eigenvalue weighted by Gasteiger charge is -2.26. The van der Waals surface area contributed by atoms with E-state index in [-0.39, 0.29) is 23.7 Å². The Labute approximate surface area is 118 Å². The summed E-state index contributed by atoms with van der Waals surface area (Å²) < 4.78 is 27.2. The van der Waals surface area contributed by atoms with Crippen LogP contribution in [-0.4, -0.2) is 52.2 Å². The smallest absolute Gasteiger partial charge is 0.352 e. The molecule has 2 N–H and O–H groups in total. The van der Waals surface area contributed by atoms with Gasteiger partial charge in [-0.1, -0.05) is 6.92 Å². The summed E-state index contributed by atoms with van der Waals surface area (Å²) in [5.74, 6) is -1.19. The first kappa shape index (κ1) is 16.7. The summed E-state index contributed by atoms with van der Waals surface area (Å²) in [7, 11) is -2.36. The van der Waals surface area contributed by atoms with Gasteiger partial charge in [0.05, 0.1) is 5.60 Å². The minimum atomic E-state index is -3.83. The molecule has 114 valence electrons. The van der Waals surface area contributed by atoms with Crippen molar-refractivity contribution in [3.05, 3.63) is 18.0 Å². The summed E-state index contributed by atoms with van der Waals surface area (Å²) in [6.45, 7) is 4.80. The highest BCUT2D eigenvalue weighted by atomic mass is 32.2. The summed E-state index contributed by atoms with van der Waals surface area (Å²) in [6, 6.07) is 1.12. The molecule has 0 atom stereocenters. The standard InChI is InChI=1S/C12H20N2O5S/c1-5-14(8-12(2,3)17)20(18,19)9-6-10(11(15)16)13(4)7-9/h6-7,17H,5,8H2,1-4H3,(H,15,16). The van der Waals surface area contributed by atoms with Crippen molar-refractivity contribution >= 4 is 16.0 Å². The van der Waals surface area contributed by atoms with Crippen LogP contribution in [0.4, 0.5) is 0 Å². The zero-order chi connectivity index (χ0) is 15.7. The third-order valence-corrected chi connectivity index (χ3v) is 4.64. The van der Waals surface area contributed by atoms with Crippen molar-refractivity contribution in [1.29, 1.82) is 0 Å². The third-order valence-electron chi connectivity index (χ3n) is 2.75. The molecule has 0 saturated carbocycles. The number of hydrogen-bond acceptors (Lipinski definition) is 4. The number of aryl methyl sites for hydroxylation is 1. The maximum atomic E-state index is 12.4. The summed E-state index contributed by atoms with van der Waals surface area (Å²) in [5, 5.41) is 18.7. The molecule has 0 aromatic carbocycles. The molecule has 0 aliphatic rings. The van der Waals surface area contributed by atoms with Crippen LogP contribution >= 0.6 is 0 Å². The molecule has 1 rings (SSSR count). The van der Waals surface area contributed by atoms with E-state index in [0.717, 1.165) is 10.4 Å². The second-order valence-electron chi connectivity index (χ2n) is 5.22. The van der Waals surface area contributed by atoms with Gasteiger partial charge < -0.3 is 14.8 Å². The Kier molecular flexibility index (Phi) is 4.62. The predicted octanol–water partition coefficient (Wildman–Crippen LogP) is 0.505. The Morgan fingerprint density at radius 2 is 2.00 bits per heavy atom. The van der Waals surface area contributed by atoms with Crippen molar-refractivity contribution in [2.75, 3.05) is 13.1 Å². The highest BCUT2D eigenvalue weighted by Gasteiger charge is 2.30. The number of aliphatic hydroxyl groups is 1. The van der Waals surface area contributed by atoms with Gasteiger partial charge in [-0.15, -0.1) is 0 Å². The number of aromatic carboxylic acids is 1. The molecule has 1 aromatic rings. The molecule has 0 saturated heterocycles. The first-order valence-electron chi connectivity index (χ1n) is 6.11. The van der Waals surface area contributed by atoms with Gasteiger partial charge >= 0.3 is 5.97 Å². The van der Waals surface area contributed by atoms with Crippen LogP contribution in [-0.2, 0) is 17.1 Å². The van der Waals surface area contributed by atoms with Gasteiger partial charge in [0, 0.05) is 26.3 Å². The number of likely N-dealkylation sites (N-methyl/N-ethyl adjacent to an activating group) is 1.